The summed E-state index contributed by atoms with van der Waals surface area (Å²) in [6.07, 6.45) is 1.41. The Morgan fingerprint density at radius 2 is 1.89 bits per heavy atom. The topological polar surface area (TPSA) is 52.8 Å². The molecule has 4 rings (SSSR count). The maximum Gasteiger partial charge on any atom is 0.165 e. The third-order valence-corrected chi connectivity index (χ3v) is 5.55. The number of aromatic nitrogens is 4. The number of halogens is 4. The molecule has 0 aliphatic rings. The average Bonchev–Trinajstić information content (AvgIpc) is 3.02. The zero-order valence-corrected chi connectivity index (χ0v) is 18.3. The van der Waals surface area contributed by atoms with E-state index in [9.17, 15) is 0 Å². The van der Waals surface area contributed by atoms with Crippen molar-refractivity contribution in [1.82, 2.24) is 19.5 Å². The van der Waals surface area contributed by atoms with Crippen molar-refractivity contribution < 1.29 is 4.74 Å². The van der Waals surface area contributed by atoms with Crippen molar-refractivity contribution in [3.63, 3.8) is 0 Å². The van der Waals surface area contributed by atoms with Gasteiger partial charge in [0.2, 0.25) is 0 Å². The molecule has 0 amide bonds. The number of methoxy groups -OCH3 is 1. The largest absolute Gasteiger partial charge is 0.496 e. The van der Waals surface area contributed by atoms with Gasteiger partial charge in [-0.1, -0.05) is 50.7 Å². The minimum Gasteiger partial charge on any atom is -0.496 e. The molecule has 0 N–H and O–H groups in total. The summed E-state index contributed by atoms with van der Waals surface area (Å²) in [6, 6.07) is 11.1. The molecule has 0 bridgehead atoms. The summed E-state index contributed by atoms with van der Waals surface area (Å²) >= 11 is 22.4. The van der Waals surface area contributed by atoms with Gasteiger partial charge in [-0.05, 0) is 36.4 Å². The molecule has 0 fully saturated rings. The van der Waals surface area contributed by atoms with Crippen LogP contribution >= 0.6 is 50.7 Å². The van der Waals surface area contributed by atoms with Crippen LogP contribution in [0.25, 0.3) is 22.6 Å². The highest BCUT2D eigenvalue weighted by atomic mass is 79.9. The zero-order valence-electron chi connectivity index (χ0n) is 14.5. The van der Waals surface area contributed by atoms with Crippen LogP contribution < -0.4 is 4.74 Å². The van der Waals surface area contributed by atoms with Crippen LogP contribution in [0.1, 0.15) is 5.56 Å². The van der Waals surface area contributed by atoms with Gasteiger partial charge in [0.05, 0.1) is 18.7 Å². The van der Waals surface area contributed by atoms with Gasteiger partial charge < -0.3 is 9.30 Å². The summed E-state index contributed by atoms with van der Waals surface area (Å²) in [6.45, 7) is 0.412. The van der Waals surface area contributed by atoms with Crippen molar-refractivity contribution in [3.8, 4) is 17.1 Å². The maximum absolute atomic E-state index is 6.49. The Labute approximate surface area is 184 Å². The average molecular weight is 499 g/mol. The Balaban J connectivity index is 1.96. The van der Waals surface area contributed by atoms with E-state index in [4.69, 9.17) is 39.5 Å². The molecular formula is C19H12BrCl3N4O. The Hall–Kier alpha value is -1.86. The number of hydrogen-bond acceptors (Lipinski definition) is 4. The molecule has 0 aliphatic carbocycles. The molecule has 0 radical (unpaired) electrons. The Bertz CT molecular complexity index is 1200. The molecule has 4 aromatic rings. The molecule has 0 aliphatic heterocycles. The SMILES string of the molecule is COc1ccc(Cl)cc1Cn1c(-c2ccc(Br)cc2Cl)nc2c(Cl)ncnc21. The van der Waals surface area contributed by atoms with Gasteiger partial charge in [0.1, 0.15) is 23.4 Å². The molecule has 5 nitrogen and oxygen atoms in total. The van der Waals surface area contributed by atoms with Gasteiger partial charge in [-0.2, -0.15) is 0 Å². The van der Waals surface area contributed by atoms with E-state index in [1.54, 1.807) is 13.2 Å². The van der Waals surface area contributed by atoms with E-state index in [2.05, 4.69) is 30.9 Å². The standard InChI is InChI=1S/C19H12BrCl3N4O/c1-28-15-5-3-12(21)6-10(15)8-27-18(13-4-2-11(20)7-14(13)22)26-16-17(23)24-9-25-19(16)27/h2-7,9H,8H2,1H3. The van der Waals surface area contributed by atoms with Crippen LogP contribution in [0, 0.1) is 0 Å². The summed E-state index contributed by atoms with van der Waals surface area (Å²) in [5.74, 6) is 1.33. The first-order chi connectivity index (χ1) is 13.5. The molecule has 2 aromatic heterocycles. The van der Waals surface area contributed by atoms with Crippen LogP contribution in [-0.4, -0.2) is 26.6 Å². The minimum absolute atomic E-state index is 0.274. The molecule has 142 valence electrons. The molecule has 2 heterocycles. The van der Waals surface area contributed by atoms with Gasteiger partial charge in [0.15, 0.2) is 10.8 Å². The van der Waals surface area contributed by atoms with Gasteiger partial charge >= 0.3 is 0 Å². The van der Waals surface area contributed by atoms with Crippen molar-refractivity contribution in [3.05, 3.63) is 68.0 Å². The lowest BCUT2D eigenvalue weighted by Crippen LogP contribution is -2.05. The van der Waals surface area contributed by atoms with Gasteiger partial charge in [-0.3, -0.25) is 0 Å². The van der Waals surface area contributed by atoms with Crippen LogP contribution in [-0.2, 0) is 6.54 Å². The summed E-state index contributed by atoms with van der Waals surface area (Å²) < 4.78 is 8.28. The van der Waals surface area contributed by atoms with E-state index in [-0.39, 0.29) is 5.15 Å². The number of ether oxygens (including phenoxy) is 1. The second-order valence-electron chi connectivity index (χ2n) is 5.94. The van der Waals surface area contributed by atoms with E-state index in [1.807, 2.05) is 34.9 Å². The zero-order chi connectivity index (χ0) is 19.8. The third-order valence-electron chi connectivity index (χ3n) is 4.23. The second-order valence-corrected chi connectivity index (χ2v) is 8.06. The number of benzene rings is 2. The van der Waals surface area contributed by atoms with Gasteiger partial charge in [-0.15, -0.1) is 0 Å². The van der Waals surface area contributed by atoms with Crippen LogP contribution in [0.3, 0.4) is 0 Å². The molecule has 9 heteroatoms. The molecule has 2 aromatic carbocycles. The number of rotatable bonds is 4. The third kappa shape index (κ3) is 3.57. The fraction of sp³-hybridized carbons (Fsp3) is 0.105. The van der Waals surface area contributed by atoms with Gasteiger partial charge in [0, 0.05) is 20.6 Å². The highest BCUT2D eigenvalue weighted by Crippen LogP contribution is 2.34. The minimum atomic E-state index is 0.274. The molecule has 0 spiro atoms. The first-order valence-electron chi connectivity index (χ1n) is 8.12. The van der Waals surface area contributed by atoms with Gasteiger partial charge in [0.25, 0.3) is 0 Å². The van der Waals surface area contributed by atoms with Crippen LogP contribution in [0.4, 0.5) is 0 Å². The Kier molecular flexibility index (Phi) is 5.47. The van der Waals surface area contributed by atoms with Gasteiger partial charge in [-0.25, -0.2) is 15.0 Å². The highest BCUT2D eigenvalue weighted by molar-refractivity contribution is 9.10. The normalized spacial score (nSPS) is 11.2. The predicted molar refractivity (Wildman–Crippen MR) is 116 cm³/mol. The van der Waals surface area contributed by atoms with Crippen LogP contribution in [0.2, 0.25) is 15.2 Å². The highest BCUT2D eigenvalue weighted by Gasteiger charge is 2.20. The van der Waals surface area contributed by atoms with Crippen molar-refractivity contribution in [1.29, 1.82) is 0 Å². The first-order valence-corrected chi connectivity index (χ1v) is 10.0. The van der Waals surface area contributed by atoms with Crippen molar-refractivity contribution in [2.45, 2.75) is 6.54 Å². The number of fused-ring (bicyclic) bond motifs is 1. The lowest BCUT2D eigenvalue weighted by molar-refractivity contribution is 0.408. The molecule has 0 atom stereocenters. The molecule has 0 saturated heterocycles. The first kappa shape index (κ1) is 19.5. The fourth-order valence-corrected chi connectivity index (χ4v) is 4.10. The van der Waals surface area contributed by atoms with E-state index in [0.29, 0.717) is 39.3 Å². The molecule has 0 unspecified atom stereocenters. The lowest BCUT2D eigenvalue weighted by atomic mass is 10.1. The smallest absolute Gasteiger partial charge is 0.165 e. The van der Waals surface area contributed by atoms with Crippen molar-refractivity contribution in [2.24, 2.45) is 0 Å². The van der Waals surface area contributed by atoms with E-state index in [1.165, 1.54) is 6.33 Å². The molecular weight excluding hydrogens is 486 g/mol. The van der Waals surface area contributed by atoms with Crippen molar-refractivity contribution in [2.75, 3.05) is 7.11 Å². The second kappa shape index (κ2) is 7.87. The summed E-state index contributed by atoms with van der Waals surface area (Å²) in [7, 11) is 1.62. The van der Waals surface area contributed by atoms with Crippen LogP contribution in [0.15, 0.2) is 47.2 Å². The van der Waals surface area contributed by atoms with E-state index < -0.39 is 0 Å². The number of nitrogens with zero attached hydrogens (tertiary/aromatic N) is 4. The number of hydrogen-bond donors (Lipinski definition) is 0. The van der Waals surface area contributed by atoms with Crippen LogP contribution in [0.5, 0.6) is 5.75 Å². The maximum atomic E-state index is 6.49. The number of imidazole rings is 1. The lowest BCUT2D eigenvalue weighted by Gasteiger charge is -2.13. The molecule has 0 saturated carbocycles. The Morgan fingerprint density at radius 3 is 2.64 bits per heavy atom. The van der Waals surface area contributed by atoms with E-state index in [0.717, 1.165) is 15.6 Å². The fourth-order valence-electron chi connectivity index (χ4n) is 2.98. The van der Waals surface area contributed by atoms with E-state index >= 15 is 0 Å². The quantitative estimate of drug-likeness (QED) is 0.311. The Morgan fingerprint density at radius 1 is 1.07 bits per heavy atom. The summed E-state index contributed by atoms with van der Waals surface area (Å²) in [5, 5.41) is 1.43. The predicted octanol–water partition coefficient (Wildman–Crippen LogP) is 6.27. The summed E-state index contributed by atoms with van der Waals surface area (Å²) in [5.41, 5.74) is 2.72. The monoisotopic (exact) mass is 496 g/mol. The molecule has 28 heavy (non-hydrogen) atoms. The van der Waals surface area contributed by atoms with Crippen molar-refractivity contribution >= 4 is 61.9 Å². The summed E-state index contributed by atoms with van der Waals surface area (Å²) in [4.78, 5) is 13.1.